The van der Waals surface area contributed by atoms with Gasteiger partial charge in [-0.2, -0.15) is 0 Å². The van der Waals surface area contributed by atoms with E-state index in [0.29, 0.717) is 0 Å². The predicted octanol–water partition coefficient (Wildman–Crippen LogP) is 1.20. The molecule has 1 saturated heterocycles. The van der Waals surface area contributed by atoms with Crippen LogP contribution in [0.4, 0.5) is 0 Å². The van der Waals surface area contributed by atoms with Crippen molar-refractivity contribution in [3.8, 4) is 0 Å². The van der Waals surface area contributed by atoms with Gasteiger partial charge in [0.2, 0.25) is 5.91 Å². The molecular weight excluding hydrogens is 216 g/mol. The summed E-state index contributed by atoms with van der Waals surface area (Å²) in [6.07, 6.45) is 6.96. The standard InChI is InChI=1S/C13H24N2O2/c1-13(6-2-3-7-13)15-12(16)10-17-11-4-8-14-9-5-11/h11,14H,2-10H2,1H3,(H,15,16). The van der Waals surface area contributed by atoms with E-state index in [1.165, 1.54) is 12.8 Å². The van der Waals surface area contributed by atoms with Gasteiger partial charge in [0.25, 0.3) is 0 Å². The molecule has 0 radical (unpaired) electrons. The van der Waals surface area contributed by atoms with Crippen LogP contribution < -0.4 is 10.6 Å². The highest BCUT2D eigenvalue weighted by molar-refractivity contribution is 5.78. The van der Waals surface area contributed by atoms with E-state index in [9.17, 15) is 4.79 Å². The van der Waals surface area contributed by atoms with Crippen LogP contribution in [0.15, 0.2) is 0 Å². The zero-order chi connectivity index (χ0) is 12.1. The predicted molar refractivity (Wildman–Crippen MR) is 66.9 cm³/mol. The number of hydrogen-bond acceptors (Lipinski definition) is 3. The third kappa shape index (κ3) is 3.96. The zero-order valence-corrected chi connectivity index (χ0v) is 10.8. The van der Waals surface area contributed by atoms with E-state index in [0.717, 1.165) is 38.8 Å². The first kappa shape index (κ1) is 12.8. The lowest BCUT2D eigenvalue weighted by atomic mass is 10.0. The molecule has 1 aliphatic heterocycles. The van der Waals surface area contributed by atoms with E-state index in [1.807, 2.05) is 0 Å². The fourth-order valence-electron chi connectivity index (χ4n) is 2.81. The molecule has 0 aromatic rings. The zero-order valence-electron chi connectivity index (χ0n) is 10.8. The third-order valence-electron chi connectivity index (χ3n) is 3.88. The number of hydrogen-bond donors (Lipinski definition) is 2. The first-order chi connectivity index (χ1) is 8.18. The van der Waals surface area contributed by atoms with Crippen molar-refractivity contribution in [3.63, 3.8) is 0 Å². The highest BCUT2D eigenvalue weighted by Crippen LogP contribution is 2.28. The van der Waals surface area contributed by atoms with Gasteiger partial charge < -0.3 is 15.4 Å². The van der Waals surface area contributed by atoms with Crippen molar-refractivity contribution in [2.45, 2.75) is 57.1 Å². The second-order valence-corrected chi connectivity index (χ2v) is 5.58. The Bertz CT molecular complexity index is 256. The molecule has 98 valence electrons. The molecule has 1 amide bonds. The van der Waals surface area contributed by atoms with Crippen LogP contribution in [0.3, 0.4) is 0 Å². The summed E-state index contributed by atoms with van der Waals surface area (Å²) in [4.78, 5) is 11.8. The van der Waals surface area contributed by atoms with E-state index in [-0.39, 0.29) is 24.2 Å². The van der Waals surface area contributed by atoms with Crippen molar-refractivity contribution in [1.82, 2.24) is 10.6 Å². The Balaban J connectivity index is 1.66. The molecule has 2 N–H and O–H groups in total. The minimum Gasteiger partial charge on any atom is -0.368 e. The SMILES string of the molecule is CC1(NC(=O)COC2CCNCC2)CCCC1. The van der Waals surface area contributed by atoms with Gasteiger partial charge in [-0.1, -0.05) is 12.8 Å². The van der Waals surface area contributed by atoms with Gasteiger partial charge in [-0.3, -0.25) is 4.79 Å². The van der Waals surface area contributed by atoms with E-state index < -0.39 is 0 Å². The highest BCUT2D eigenvalue weighted by Gasteiger charge is 2.30. The van der Waals surface area contributed by atoms with E-state index in [4.69, 9.17) is 4.74 Å². The van der Waals surface area contributed by atoms with Crippen LogP contribution in [-0.2, 0) is 9.53 Å². The molecule has 4 nitrogen and oxygen atoms in total. The van der Waals surface area contributed by atoms with Crippen LogP contribution in [-0.4, -0.2) is 37.2 Å². The number of carbonyl (C=O) groups excluding carboxylic acids is 1. The van der Waals surface area contributed by atoms with E-state index in [1.54, 1.807) is 0 Å². The molecule has 2 rings (SSSR count). The summed E-state index contributed by atoms with van der Waals surface area (Å²) in [6.45, 7) is 4.37. The number of nitrogens with one attached hydrogen (secondary N) is 2. The Hall–Kier alpha value is -0.610. The molecule has 0 unspecified atom stereocenters. The summed E-state index contributed by atoms with van der Waals surface area (Å²) < 4.78 is 5.65. The smallest absolute Gasteiger partial charge is 0.246 e. The molecule has 1 aliphatic carbocycles. The molecule has 1 heterocycles. The quantitative estimate of drug-likeness (QED) is 0.776. The molecule has 0 aromatic heterocycles. The summed E-state index contributed by atoms with van der Waals surface area (Å²) in [6, 6.07) is 0. The van der Waals surface area contributed by atoms with Crippen molar-refractivity contribution in [3.05, 3.63) is 0 Å². The molecule has 0 spiro atoms. The van der Waals surface area contributed by atoms with Crippen LogP contribution in [0.5, 0.6) is 0 Å². The maximum absolute atomic E-state index is 11.8. The Morgan fingerprint density at radius 3 is 2.65 bits per heavy atom. The lowest BCUT2D eigenvalue weighted by Gasteiger charge is -2.27. The Morgan fingerprint density at radius 1 is 1.35 bits per heavy atom. The fourth-order valence-corrected chi connectivity index (χ4v) is 2.81. The molecule has 2 aliphatic rings. The summed E-state index contributed by atoms with van der Waals surface area (Å²) in [5.74, 6) is 0.0490. The average molecular weight is 240 g/mol. The monoisotopic (exact) mass is 240 g/mol. The maximum Gasteiger partial charge on any atom is 0.246 e. The Labute approximate surface area is 103 Å². The van der Waals surface area contributed by atoms with Crippen molar-refractivity contribution in [2.24, 2.45) is 0 Å². The normalized spacial score (nSPS) is 24.8. The third-order valence-corrected chi connectivity index (χ3v) is 3.88. The van der Waals surface area contributed by atoms with Gasteiger partial charge in [-0.25, -0.2) is 0 Å². The molecular formula is C13H24N2O2. The van der Waals surface area contributed by atoms with Crippen molar-refractivity contribution in [2.75, 3.05) is 19.7 Å². The maximum atomic E-state index is 11.8. The van der Waals surface area contributed by atoms with Gasteiger partial charge in [0.1, 0.15) is 6.61 Å². The summed E-state index contributed by atoms with van der Waals surface area (Å²) in [7, 11) is 0. The van der Waals surface area contributed by atoms with Gasteiger partial charge in [-0.05, 0) is 45.7 Å². The topological polar surface area (TPSA) is 50.4 Å². The summed E-state index contributed by atoms with van der Waals surface area (Å²) >= 11 is 0. The Morgan fingerprint density at radius 2 is 2.00 bits per heavy atom. The van der Waals surface area contributed by atoms with Crippen LogP contribution in [0, 0.1) is 0 Å². The number of carbonyl (C=O) groups is 1. The van der Waals surface area contributed by atoms with Crippen molar-refractivity contribution >= 4 is 5.91 Å². The largest absolute Gasteiger partial charge is 0.368 e. The van der Waals surface area contributed by atoms with Gasteiger partial charge in [0, 0.05) is 5.54 Å². The number of amides is 1. The van der Waals surface area contributed by atoms with Gasteiger partial charge in [-0.15, -0.1) is 0 Å². The van der Waals surface area contributed by atoms with Crippen LogP contribution in [0.2, 0.25) is 0 Å². The molecule has 17 heavy (non-hydrogen) atoms. The number of piperidine rings is 1. The second-order valence-electron chi connectivity index (χ2n) is 5.58. The van der Waals surface area contributed by atoms with E-state index >= 15 is 0 Å². The molecule has 2 fully saturated rings. The number of rotatable bonds is 4. The van der Waals surface area contributed by atoms with E-state index in [2.05, 4.69) is 17.6 Å². The van der Waals surface area contributed by atoms with Gasteiger partial charge in [0.05, 0.1) is 6.10 Å². The molecule has 0 aromatic carbocycles. The van der Waals surface area contributed by atoms with Crippen molar-refractivity contribution in [1.29, 1.82) is 0 Å². The van der Waals surface area contributed by atoms with Gasteiger partial charge in [0.15, 0.2) is 0 Å². The molecule has 0 atom stereocenters. The van der Waals surface area contributed by atoms with Crippen LogP contribution in [0.1, 0.15) is 45.4 Å². The van der Waals surface area contributed by atoms with Crippen LogP contribution >= 0.6 is 0 Å². The summed E-state index contributed by atoms with van der Waals surface area (Å²) in [5.41, 5.74) is 0.0224. The first-order valence-electron chi connectivity index (χ1n) is 6.81. The Kier molecular flexibility index (Phi) is 4.40. The number of ether oxygens (including phenoxy) is 1. The fraction of sp³-hybridized carbons (Fsp3) is 0.923. The molecule has 1 saturated carbocycles. The lowest BCUT2D eigenvalue weighted by molar-refractivity contribution is -0.130. The average Bonchev–Trinajstić information content (AvgIpc) is 2.74. The van der Waals surface area contributed by atoms with Crippen LogP contribution in [0.25, 0.3) is 0 Å². The first-order valence-corrected chi connectivity index (χ1v) is 6.81. The minimum atomic E-state index is 0.0224. The highest BCUT2D eigenvalue weighted by atomic mass is 16.5. The molecule has 0 bridgehead atoms. The lowest BCUT2D eigenvalue weighted by Crippen LogP contribution is -2.46. The minimum absolute atomic E-state index is 0.0224. The second kappa shape index (κ2) is 5.83. The van der Waals surface area contributed by atoms with Crippen molar-refractivity contribution < 1.29 is 9.53 Å². The van der Waals surface area contributed by atoms with Gasteiger partial charge >= 0.3 is 0 Å². The molecule has 4 heteroatoms. The summed E-state index contributed by atoms with van der Waals surface area (Å²) in [5, 5.41) is 6.40.